The normalized spacial score (nSPS) is 10.5. The predicted octanol–water partition coefficient (Wildman–Crippen LogP) is 2.50. The summed E-state index contributed by atoms with van der Waals surface area (Å²) in [6.45, 7) is 0. The summed E-state index contributed by atoms with van der Waals surface area (Å²) in [5.74, 6) is -0.0538. The van der Waals surface area contributed by atoms with E-state index in [2.05, 4.69) is 10.3 Å². The smallest absolute Gasteiger partial charge is 0.271 e. The highest BCUT2D eigenvalue weighted by Gasteiger charge is 2.15. The summed E-state index contributed by atoms with van der Waals surface area (Å²) in [7, 11) is 1.43. The van der Waals surface area contributed by atoms with Gasteiger partial charge in [-0.3, -0.25) is 14.9 Å². The number of imidazole rings is 1. The van der Waals surface area contributed by atoms with E-state index in [0.29, 0.717) is 11.3 Å². The van der Waals surface area contributed by atoms with Crippen LogP contribution in [0.3, 0.4) is 0 Å². The van der Waals surface area contributed by atoms with Gasteiger partial charge in [0.15, 0.2) is 0 Å². The van der Waals surface area contributed by atoms with Crippen molar-refractivity contribution in [1.82, 2.24) is 9.38 Å². The molecule has 1 amide bonds. The third-order valence-corrected chi connectivity index (χ3v) is 3.32. The van der Waals surface area contributed by atoms with Crippen molar-refractivity contribution in [2.75, 3.05) is 12.4 Å². The van der Waals surface area contributed by atoms with Gasteiger partial charge in [-0.15, -0.1) is 0 Å². The van der Waals surface area contributed by atoms with Crippen molar-refractivity contribution in [1.29, 1.82) is 0 Å². The monoisotopic (exact) mass is 312 g/mol. The summed E-state index contributed by atoms with van der Waals surface area (Å²) in [5, 5.41) is 13.5. The summed E-state index contributed by atoms with van der Waals surface area (Å²) in [6.07, 6.45) is 4.97. The van der Waals surface area contributed by atoms with Gasteiger partial charge in [0.1, 0.15) is 5.75 Å². The maximum atomic E-state index is 12.4. The molecule has 0 aliphatic carbocycles. The van der Waals surface area contributed by atoms with Crippen LogP contribution in [0.4, 0.5) is 11.4 Å². The zero-order valence-corrected chi connectivity index (χ0v) is 12.1. The fourth-order valence-corrected chi connectivity index (χ4v) is 2.16. The van der Waals surface area contributed by atoms with Gasteiger partial charge in [0.05, 0.1) is 35.8 Å². The predicted molar refractivity (Wildman–Crippen MR) is 82.8 cm³/mol. The number of hydrogen-bond donors (Lipinski definition) is 1. The Morgan fingerprint density at radius 2 is 2.17 bits per heavy atom. The number of aromatic nitrogens is 2. The molecule has 8 heteroatoms. The number of non-ortho nitro benzene ring substituents is 1. The Labute approximate surface area is 130 Å². The van der Waals surface area contributed by atoms with Crippen LogP contribution in [-0.2, 0) is 0 Å². The fraction of sp³-hybridized carbons (Fsp3) is 0.0667. The molecule has 2 heterocycles. The molecule has 3 aromatic rings. The minimum absolute atomic E-state index is 0.132. The molecule has 0 bridgehead atoms. The van der Waals surface area contributed by atoms with Gasteiger partial charge in [0.2, 0.25) is 0 Å². The zero-order chi connectivity index (χ0) is 16.4. The third-order valence-electron chi connectivity index (χ3n) is 3.32. The Bertz CT molecular complexity index is 903. The van der Waals surface area contributed by atoms with Crippen LogP contribution >= 0.6 is 0 Å². The van der Waals surface area contributed by atoms with E-state index in [0.717, 1.165) is 5.52 Å². The second-order valence-corrected chi connectivity index (χ2v) is 4.74. The average Bonchev–Trinajstić information content (AvgIpc) is 3.02. The van der Waals surface area contributed by atoms with E-state index in [1.807, 2.05) is 0 Å². The number of fused-ring (bicyclic) bond motifs is 1. The lowest BCUT2D eigenvalue weighted by atomic mass is 10.2. The van der Waals surface area contributed by atoms with Crippen molar-refractivity contribution in [3.8, 4) is 5.75 Å². The molecule has 2 aromatic heterocycles. The molecular formula is C15H12N4O4. The first-order valence-electron chi connectivity index (χ1n) is 6.64. The largest absolute Gasteiger partial charge is 0.495 e. The molecule has 0 aliphatic heterocycles. The molecule has 0 saturated carbocycles. The zero-order valence-electron chi connectivity index (χ0n) is 12.1. The topological polar surface area (TPSA) is 98.8 Å². The molecule has 0 saturated heterocycles. The lowest BCUT2D eigenvalue weighted by molar-refractivity contribution is -0.384. The van der Waals surface area contributed by atoms with Gasteiger partial charge < -0.3 is 14.5 Å². The van der Waals surface area contributed by atoms with E-state index >= 15 is 0 Å². The molecule has 0 unspecified atom stereocenters. The van der Waals surface area contributed by atoms with Crippen molar-refractivity contribution in [3.05, 3.63) is 64.7 Å². The standard InChI is InChI=1S/C15H12N4O4/c1-23-14-3-2-11(19(21)22)7-13(14)17-15(20)10-4-5-18-9-16-8-12(18)6-10/h2-9H,1H3,(H,17,20). The third kappa shape index (κ3) is 2.82. The summed E-state index contributed by atoms with van der Waals surface area (Å²) in [6, 6.07) is 7.31. The summed E-state index contributed by atoms with van der Waals surface area (Å²) < 4.78 is 6.89. The lowest BCUT2D eigenvalue weighted by Gasteiger charge is -2.10. The van der Waals surface area contributed by atoms with E-state index in [4.69, 9.17) is 4.74 Å². The minimum Gasteiger partial charge on any atom is -0.495 e. The molecule has 0 spiro atoms. The van der Waals surface area contributed by atoms with Gasteiger partial charge in [-0.05, 0) is 18.2 Å². The number of pyridine rings is 1. The van der Waals surface area contributed by atoms with Crippen LogP contribution in [0.5, 0.6) is 5.75 Å². The number of anilines is 1. The fourth-order valence-electron chi connectivity index (χ4n) is 2.16. The Morgan fingerprint density at radius 3 is 2.91 bits per heavy atom. The number of ether oxygens (including phenoxy) is 1. The second-order valence-electron chi connectivity index (χ2n) is 4.74. The Morgan fingerprint density at radius 1 is 1.35 bits per heavy atom. The number of nitrogens with zero attached hydrogens (tertiary/aromatic N) is 3. The van der Waals surface area contributed by atoms with Crippen molar-refractivity contribution < 1.29 is 14.5 Å². The maximum absolute atomic E-state index is 12.4. The van der Waals surface area contributed by atoms with Crippen molar-refractivity contribution in [2.24, 2.45) is 0 Å². The number of hydrogen-bond acceptors (Lipinski definition) is 5. The van der Waals surface area contributed by atoms with E-state index in [1.54, 1.807) is 35.3 Å². The maximum Gasteiger partial charge on any atom is 0.271 e. The number of nitrogens with one attached hydrogen (secondary N) is 1. The molecule has 0 fully saturated rings. The number of carbonyl (C=O) groups excluding carboxylic acids is 1. The first kappa shape index (κ1) is 14.5. The highest BCUT2D eigenvalue weighted by Crippen LogP contribution is 2.29. The number of nitro benzene ring substituents is 1. The van der Waals surface area contributed by atoms with Gasteiger partial charge in [0, 0.05) is 23.9 Å². The second kappa shape index (κ2) is 5.76. The first-order chi connectivity index (χ1) is 11.1. The molecule has 0 atom stereocenters. The van der Waals surface area contributed by atoms with Crippen molar-refractivity contribution in [3.63, 3.8) is 0 Å². The molecule has 1 aromatic carbocycles. The first-order valence-corrected chi connectivity index (χ1v) is 6.64. The van der Waals surface area contributed by atoms with Crippen LogP contribution in [0.1, 0.15) is 10.4 Å². The highest BCUT2D eigenvalue weighted by molar-refractivity contribution is 6.05. The van der Waals surface area contributed by atoms with Crippen LogP contribution in [0.15, 0.2) is 49.1 Å². The SMILES string of the molecule is COc1ccc([N+](=O)[O-])cc1NC(=O)c1ccn2cncc2c1. The Kier molecular flexibility index (Phi) is 3.63. The highest BCUT2D eigenvalue weighted by atomic mass is 16.6. The molecule has 1 N–H and O–H groups in total. The van der Waals surface area contributed by atoms with Crippen LogP contribution in [0.2, 0.25) is 0 Å². The molecule has 0 radical (unpaired) electrons. The van der Waals surface area contributed by atoms with Gasteiger partial charge in [-0.2, -0.15) is 0 Å². The molecule has 3 rings (SSSR count). The van der Waals surface area contributed by atoms with Gasteiger partial charge in [-0.1, -0.05) is 0 Å². The number of nitro groups is 1. The van der Waals surface area contributed by atoms with Crippen LogP contribution < -0.4 is 10.1 Å². The minimum atomic E-state index is -0.534. The van der Waals surface area contributed by atoms with Crippen LogP contribution in [0, 0.1) is 10.1 Å². The lowest BCUT2D eigenvalue weighted by Crippen LogP contribution is -2.13. The van der Waals surface area contributed by atoms with Crippen LogP contribution in [0.25, 0.3) is 5.52 Å². The van der Waals surface area contributed by atoms with E-state index < -0.39 is 10.8 Å². The number of benzene rings is 1. The Hall–Kier alpha value is -3.42. The molecule has 8 nitrogen and oxygen atoms in total. The number of amides is 1. The number of rotatable bonds is 4. The number of methoxy groups -OCH3 is 1. The summed E-state index contributed by atoms with van der Waals surface area (Å²) in [4.78, 5) is 26.7. The van der Waals surface area contributed by atoms with Crippen LogP contribution in [-0.4, -0.2) is 27.3 Å². The summed E-state index contributed by atoms with van der Waals surface area (Å²) >= 11 is 0. The number of carbonyl (C=O) groups is 1. The van der Waals surface area contributed by atoms with Gasteiger partial charge in [0.25, 0.3) is 11.6 Å². The van der Waals surface area contributed by atoms with Gasteiger partial charge in [-0.25, -0.2) is 4.98 Å². The molecular weight excluding hydrogens is 300 g/mol. The van der Waals surface area contributed by atoms with Crippen molar-refractivity contribution >= 4 is 22.8 Å². The quantitative estimate of drug-likeness (QED) is 0.589. The summed E-state index contributed by atoms with van der Waals surface area (Å²) in [5.41, 5.74) is 1.28. The molecule has 0 aliphatic rings. The molecule has 116 valence electrons. The van der Waals surface area contributed by atoms with Gasteiger partial charge >= 0.3 is 0 Å². The average molecular weight is 312 g/mol. The van der Waals surface area contributed by atoms with E-state index in [9.17, 15) is 14.9 Å². The molecule has 23 heavy (non-hydrogen) atoms. The van der Waals surface area contributed by atoms with E-state index in [1.165, 1.54) is 25.3 Å². The van der Waals surface area contributed by atoms with E-state index in [-0.39, 0.29) is 11.4 Å². The Balaban J connectivity index is 1.92. The van der Waals surface area contributed by atoms with Crippen molar-refractivity contribution in [2.45, 2.75) is 0 Å².